The van der Waals surface area contributed by atoms with Crippen LogP contribution in [-0.4, -0.2) is 61.7 Å². The Morgan fingerprint density at radius 3 is 2.75 bits per heavy atom. The molecule has 1 aromatic carbocycles. The van der Waals surface area contributed by atoms with Crippen molar-refractivity contribution < 1.29 is 4.74 Å². The predicted molar refractivity (Wildman–Crippen MR) is 96.9 cm³/mol. The lowest BCUT2D eigenvalue weighted by Gasteiger charge is -2.33. The Hall–Kier alpha value is -2.34. The minimum atomic E-state index is 0.826. The smallest absolute Gasteiger partial charge is 0.134 e. The Morgan fingerprint density at radius 2 is 1.96 bits per heavy atom. The van der Waals surface area contributed by atoms with E-state index >= 15 is 0 Å². The van der Waals surface area contributed by atoms with E-state index in [4.69, 9.17) is 4.74 Å². The van der Waals surface area contributed by atoms with Crippen LogP contribution in [0, 0.1) is 0 Å². The minimum Gasteiger partial charge on any atom is -0.497 e. The molecule has 0 radical (unpaired) electrons. The summed E-state index contributed by atoms with van der Waals surface area (Å²) in [5.41, 5.74) is 1.25. The van der Waals surface area contributed by atoms with Crippen molar-refractivity contribution in [3.8, 4) is 5.75 Å². The summed E-state index contributed by atoms with van der Waals surface area (Å²) in [4.78, 5) is 13.4. The summed E-state index contributed by atoms with van der Waals surface area (Å²) in [6, 6.07) is 10.2. The van der Waals surface area contributed by atoms with Crippen molar-refractivity contribution in [1.82, 2.24) is 14.9 Å². The van der Waals surface area contributed by atoms with E-state index in [0.717, 1.165) is 56.5 Å². The molecule has 1 N–H and O–H groups in total. The standard InChI is InChI=1S/C18H25N5O/c1-22-8-10-23(11-9-22)18-13-17(20-14-21-18)19-7-6-15-4-3-5-16(12-15)24-2/h3-5,12-14H,6-11H2,1-2H3,(H,19,20,21). The molecule has 6 heteroatoms. The summed E-state index contributed by atoms with van der Waals surface area (Å²) in [5, 5.41) is 3.39. The van der Waals surface area contributed by atoms with E-state index in [0.29, 0.717) is 0 Å². The van der Waals surface area contributed by atoms with Gasteiger partial charge in [0.2, 0.25) is 0 Å². The highest BCUT2D eigenvalue weighted by atomic mass is 16.5. The van der Waals surface area contributed by atoms with E-state index in [9.17, 15) is 0 Å². The molecule has 24 heavy (non-hydrogen) atoms. The van der Waals surface area contributed by atoms with E-state index < -0.39 is 0 Å². The highest BCUT2D eigenvalue weighted by Gasteiger charge is 2.15. The first-order chi connectivity index (χ1) is 11.7. The van der Waals surface area contributed by atoms with Gasteiger partial charge in [0.05, 0.1) is 7.11 Å². The number of likely N-dealkylation sites (N-methyl/N-ethyl adjacent to an activating group) is 1. The van der Waals surface area contributed by atoms with Crippen LogP contribution >= 0.6 is 0 Å². The van der Waals surface area contributed by atoms with Crippen LogP contribution in [0.1, 0.15) is 5.56 Å². The van der Waals surface area contributed by atoms with E-state index in [1.807, 2.05) is 18.2 Å². The van der Waals surface area contributed by atoms with Crippen LogP contribution in [0.3, 0.4) is 0 Å². The van der Waals surface area contributed by atoms with Crippen molar-refractivity contribution in [1.29, 1.82) is 0 Å². The molecule has 1 saturated heterocycles. The molecule has 2 aromatic rings. The molecule has 0 atom stereocenters. The average molecular weight is 327 g/mol. The fraction of sp³-hybridized carbons (Fsp3) is 0.444. The number of piperazine rings is 1. The van der Waals surface area contributed by atoms with Gasteiger partial charge in [-0.3, -0.25) is 0 Å². The monoisotopic (exact) mass is 327 g/mol. The minimum absolute atomic E-state index is 0.826. The zero-order chi connectivity index (χ0) is 16.8. The molecule has 0 bridgehead atoms. The third-order valence-corrected chi connectivity index (χ3v) is 4.33. The number of ether oxygens (including phenoxy) is 1. The first-order valence-corrected chi connectivity index (χ1v) is 8.37. The molecule has 0 aliphatic carbocycles. The molecule has 1 fully saturated rings. The van der Waals surface area contributed by atoms with Crippen LogP contribution in [0.25, 0.3) is 0 Å². The van der Waals surface area contributed by atoms with Crippen LogP contribution in [0.15, 0.2) is 36.7 Å². The first kappa shape index (κ1) is 16.5. The van der Waals surface area contributed by atoms with Crippen molar-refractivity contribution in [2.75, 3.05) is 57.1 Å². The van der Waals surface area contributed by atoms with Crippen LogP contribution < -0.4 is 15.0 Å². The summed E-state index contributed by atoms with van der Waals surface area (Å²) >= 11 is 0. The van der Waals surface area contributed by atoms with Crippen molar-refractivity contribution in [2.24, 2.45) is 0 Å². The fourth-order valence-electron chi connectivity index (χ4n) is 2.82. The molecule has 128 valence electrons. The molecular weight excluding hydrogens is 302 g/mol. The third-order valence-electron chi connectivity index (χ3n) is 4.33. The van der Waals surface area contributed by atoms with Gasteiger partial charge in [-0.2, -0.15) is 0 Å². The zero-order valence-corrected chi connectivity index (χ0v) is 14.4. The van der Waals surface area contributed by atoms with Crippen molar-refractivity contribution >= 4 is 11.6 Å². The van der Waals surface area contributed by atoms with Crippen molar-refractivity contribution in [3.05, 3.63) is 42.2 Å². The summed E-state index contributed by atoms with van der Waals surface area (Å²) in [7, 11) is 3.85. The van der Waals surface area contributed by atoms with Gasteiger partial charge in [-0.05, 0) is 31.2 Å². The van der Waals surface area contributed by atoms with E-state index in [1.165, 1.54) is 5.56 Å². The highest BCUT2D eigenvalue weighted by Crippen LogP contribution is 2.16. The number of nitrogens with zero attached hydrogens (tertiary/aromatic N) is 4. The topological polar surface area (TPSA) is 53.5 Å². The molecule has 0 unspecified atom stereocenters. The van der Waals surface area contributed by atoms with Crippen molar-refractivity contribution in [3.63, 3.8) is 0 Å². The van der Waals surface area contributed by atoms with E-state index in [-0.39, 0.29) is 0 Å². The molecule has 1 aromatic heterocycles. The molecule has 6 nitrogen and oxygen atoms in total. The SMILES string of the molecule is COc1cccc(CCNc2cc(N3CCN(C)CC3)ncn2)c1. The summed E-state index contributed by atoms with van der Waals surface area (Å²) in [6.07, 6.45) is 2.56. The first-order valence-electron chi connectivity index (χ1n) is 8.37. The Kier molecular flexibility index (Phi) is 5.48. The number of nitrogens with one attached hydrogen (secondary N) is 1. The zero-order valence-electron chi connectivity index (χ0n) is 14.4. The number of anilines is 2. The predicted octanol–water partition coefficient (Wildman–Crippen LogP) is 1.89. The second-order valence-electron chi connectivity index (χ2n) is 6.08. The lowest BCUT2D eigenvalue weighted by atomic mass is 10.1. The molecule has 3 rings (SSSR count). The van der Waals surface area contributed by atoms with Gasteiger partial charge in [0.25, 0.3) is 0 Å². The van der Waals surface area contributed by atoms with Crippen LogP contribution in [0.5, 0.6) is 5.75 Å². The Labute approximate surface area is 143 Å². The van der Waals surface area contributed by atoms with Gasteiger partial charge in [0.1, 0.15) is 23.7 Å². The van der Waals surface area contributed by atoms with Gasteiger partial charge in [0.15, 0.2) is 0 Å². The molecule has 2 heterocycles. The fourth-order valence-corrected chi connectivity index (χ4v) is 2.82. The molecule has 1 aliphatic rings. The quantitative estimate of drug-likeness (QED) is 0.874. The lowest BCUT2D eigenvalue weighted by Crippen LogP contribution is -2.44. The maximum absolute atomic E-state index is 5.26. The summed E-state index contributed by atoms with van der Waals surface area (Å²) < 4.78 is 5.26. The van der Waals surface area contributed by atoms with Crippen LogP contribution in [0.4, 0.5) is 11.6 Å². The Morgan fingerprint density at radius 1 is 1.12 bits per heavy atom. The largest absolute Gasteiger partial charge is 0.497 e. The van der Waals surface area contributed by atoms with Gasteiger partial charge in [0, 0.05) is 38.8 Å². The van der Waals surface area contributed by atoms with Gasteiger partial charge in [-0.15, -0.1) is 0 Å². The van der Waals surface area contributed by atoms with E-state index in [1.54, 1.807) is 13.4 Å². The second-order valence-corrected chi connectivity index (χ2v) is 6.08. The number of hydrogen-bond acceptors (Lipinski definition) is 6. The average Bonchev–Trinajstić information content (AvgIpc) is 2.63. The molecular formula is C18H25N5O. The van der Waals surface area contributed by atoms with E-state index in [2.05, 4.69) is 44.3 Å². The maximum atomic E-state index is 5.26. The molecule has 0 amide bonds. The lowest BCUT2D eigenvalue weighted by molar-refractivity contribution is 0.312. The number of rotatable bonds is 6. The normalized spacial score (nSPS) is 15.3. The number of benzene rings is 1. The molecule has 0 saturated carbocycles. The highest BCUT2D eigenvalue weighted by molar-refractivity contribution is 5.48. The number of methoxy groups -OCH3 is 1. The molecule has 0 spiro atoms. The Balaban J connectivity index is 1.54. The Bertz CT molecular complexity index is 655. The summed E-state index contributed by atoms with van der Waals surface area (Å²) in [6.45, 7) is 4.99. The van der Waals surface area contributed by atoms with Gasteiger partial charge in [-0.1, -0.05) is 12.1 Å². The van der Waals surface area contributed by atoms with Gasteiger partial charge < -0.3 is 19.9 Å². The van der Waals surface area contributed by atoms with Gasteiger partial charge >= 0.3 is 0 Å². The number of aromatic nitrogens is 2. The summed E-state index contributed by atoms with van der Waals surface area (Å²) in [5.74, 6) is 2.77. The van der Waals surface area contributed by atoms with Crippen LogP contribution in [0.2, 0.25) is 0 Å². The number of hydrogen-bond donors (Lipinski definition) is 1. The van der Waals surface area contributed by atoms with Gasteiger partial charge in [-0.25, -0.2) is 9.97 Å². The maximum Gasteiger partial charge on any atom is 0.134 e. The second kappa shape index (κ2) is 7.97. The van der Waals surface area contributed by atoms with Crippen molar-refractivity contribution in [2.45, 2.75) is 6.42 Å². The van der Waals surface area contributed by atoms with Crippen LogP contribution in [-0.2, 0) is 6.42 Å². The molecule has 1 aliphatic heterocycles. The third kappa shape index (κ3) is 4.35.